The predicted octanol–water partition coefficient (Wildman–Crippen LogP) is 4.30. The van der Waals surface area contributed by atoms with E-state index in [0.717, 1.165) is 53.3 Å². The van der Waals surface area contributed by atoms with Crippen LogP contribution in [0, 0.1) is 29.5 Å². The Balaban J connectivity index is 1.20. The molecule has 4 saturated carbocycles. The van der Waals surface area contributed by atoms with Gasteiger partial charge in [0.15, 0.2) is 11.5 Å². The molecule has 6 rings (SSSR count). The Kier molecular flexibility index (Phi) is 5.21. The zero-order valence-electron chi connectivity index (χ0n) is 17.1. The number of hydrogen-bond donors (Lipinski definition) is 1. The van der Waals surface area contributed by atoms with Crippen LogP contribution in [0.4, 0.5) is 4.39 Å². The molecule has 0 aliphatic heterocycles. The fourth-order valence-electron chi connectivity index (χ4n) is 6.32. The van der Waals surface area contributed by atoms with Gasteiger partial charge in [-0.25, -0.2) is 4.39 Å². The monoisotopic (exact) mass is 396 g/mol. The molecule has 0 saturated heterocycles. The lowest BCUT2D eigenvalue weighted by molar-refractivity contribution is -0.723. The van der Waals surface area contributed by atoms with E-state index in [-0.39, 0.29) is 5.82 Å². The fourth-order valence-corrected chi connectivity index (χ4v) is 6.32. The molecule has 4 bridgehead atoms. The zero-order valence-corrected chi connectivity index (χ0v) is 17.1. The topological polar surface area (TPSA) is 35.1 Å². The molecular weight excluding hydrogens is 365 g/mol. The highest BCUT2D eigenvalue weighted by Gasteiger charge is 2.50. The third-order valence-electron chi connectivity index (χ3n) is 7.46. The number of benzene rings is 2. The fraction of sp³-hybridized carbons (Fsp3) is 0.520. The van der Waals surface area contributed by atoms with Crippen molar-refractivity contribution in [3.63, 3.8) is 0 Å². The van der Waals surface area contributed by atoms with Crippen molar-refractivity contribution in [3.05, 3.63) is 59.4 Å². The quantitative estimate of drug-likeness (QED) is 0.757. The molecule has 0 heterocycles. The summed E-state index contributed by atoms with van der Waals surface area (Å²) in [5, 5.41) is 2.60. The van der Waals surface area contributed by atoms with E-state index in [1.807, 2.05) is 6.07 Å². The second-order valence-electron chi connectivity index (χ2n) is 9.35. The van der Waals surface area contributed by atoms with E-state index in [4.69, 9.17) is 9.47 Å². The van der Waals surface area contributed by atoms with Gasteiger partial charge in [-0.1, -0.05) is 12.1 Å². The first-order valence-electron chi connectivity index (χ1n) is 11.1. The number of quaternary nitrogens is 1. The molecule has 0 radical (unpaired) electrons. The number of halogens is 1. The predicted molar refractivity (Wildman–Crippen MR) is 110 cm³/mol. The van der Waals surface area contributed by atoms with E-state index < -0.39 is 0 Å². The molecule has 4 aliphatic rings. The molecule has 2 aromatic rings. The zero-order chi connectivity index (χ0) is 19.8. The van der Waals surface area contributed by atoms with E-state index >= 15 is 0 Å². The molecule has 4 heteroatoms. The van der Waals surface area contributed by atoms with Crippen LogP contribution in [0.15, 0.2) is 42.5 Å². The first kappa shape index (κ1) is 18.9. The van der Waals surface area contributed by atoms with Crippen molar-refractivity contribution >= 4 is 0 Å². The lowest BCUT2D eigenvalue weighted by Gasteiger charge is -2.52. The van der Waals surface area contributed by atoms with Gasteiger partial charge in [-0.15, -0.1) is 0 Å². The molecule has 2 aromatic carbocycles. The van der Waals surface area contributed by atoms with Gasteiger partial charge in [0, 0.05) is 17.4 Å². The van der Waals surface area contributed by atoms with Crippen LogP contribution in [0.5, 0.6) is 11.5 Å². The van der Waals surface area contributed by atoms with E-state index in [1.54, 1.807) is 19.2 Å². The first-order chi connectivity index (χ1) is 14.2. The maximum absolute atomic E-state index is 13.1. The van der Waals surface area contributed by atoms with Crippen molar-refractivity contribution in [2.24, 2.45) is 23.7 Å². The Morgan fingerprint density at radius 1 is 0.862 bits per heavy atom. The maximum Gasteiger partial charge on any atom is 0.161 e. The molecule has 4 aliphatic carbocycles. The average Bonchev–Trinajstić information content (AvgIpc) is 2.72. The Morgan fingerprint density at radius 3 is 2.17 bits per heavy atom. The average molecular weight is 397 g/mol. The number of ether oxygens (including phenoxy) is 2. The molecule has 0 amide bonds. The highest BCUT2D eigenvalue weighted by molar-refractivity contribution is 5.42. The number of rotatable bonds is 7. The van der Waals surface area contributed by atoms with Gasteiger partial charge in [0.2, 0.25) is 0 Å². The standard InChI is InChI=1S/C25H30FNO2/c1-28-24-13-17(4-7-23(24)29-15-16-2-5-22(26)6-3-16)14-27-25-20-9-18-8-19(11-20)12-21(25)10-18/h2-7,13,18-21,25,27H,8-12,14-15H2,1H3/p+1. The molecule has 154 valence electrons. The molecule has 0 unspecified atom stereocenters. The summed E-state index contributed by atoms with van der Waals surface area (Å²) in [4.78, 5) is 0. The minimum atomic E-state index is -0.230. The first-order valence-corrected chi connectivity index (χ1v) is 11.1. The van der Waals surface area contributed by atoms with Crippen molar-refractivity contribution in [2.75, 3.05) is 7.11 Å². The minimum absolute atomic E-state index is 0.230. The summed E-state index contributed by atoms with van der Waals surface area (Å²) < 4.78 is 24.6. The summed E-state index contributed by atoms with van der Waals surface area (Å²) in [6.45, 7) is 1.40. The van der Waals surface area contributed by atoms with Gasteiger partial charge in [-0.3, -0.25) is 0 Å². The van der Waals surface area contributed by atoms with E-state index in [9.17, 15) is 4.39 Å². The van der Waals surface area contributed by atoms with Crippen LogP contribution in [-0.4, -0.2) is 13.2 Å². The Labute approximate surface area is 172 Å². The molecule has 4 fully saturated rings. The van der Waals surface area contributed by atoms with Crippen molar-refractivity contribution in [1.29, 1.82) is 0 Å². The summed E-state index contributed by atoms with van der Waals surface area (Å²) in [5.74, 6) is 5.20. The van der Waals surface area contributed by atoms with Gasteiger partial charge in [0.05, 0.1) is 13.2 Å². The number of nitrogens with two attached hydrogens (primary N) is 1. The van der Waals surface area contributed by atoms with Gasteiger partial charge in [0.25, 0.3) is 0 Å². The van der Waals surface area contributed by atoms with Crippen molar-refractivity contribution in [1.82, 2.24) is 0 Å². The molecule has 2 N–H and O–H groups in total. The van der Waals surface area contributed by atoms with E-state index in [1.165, 1.54) is 49.8 Å². The van der Waals surface area contributed by atoms with Gasteiger partial charge in [0.1, 0.15) is 19.0 Å². The van der Waals surface area contributed by atoms with Crippen LogP contribution in [0.1, 0.15) is 43.2 Å². The lowest BCUT2D eigenvalue weighted by atomic mass is 9.54. The maximum atomic E-state index is 13.1. The molecule has 0 spiro atoms. The van der Waals surface area contributed by atoms with Gasteiger partial charge < -0.3 is 14.8 Å². The molecule has 3 nitrogen and oxygen atoms in total. The molecule has 29 heavy (non-hydrogen) atoms. The van der Waals surface area contributed by atoms with Gasteiger partial charge >= 0.3 is 0 Å². The van der Waals surface area contributed by atoms with E-state index in [0.29, 0.717) is 6.61 Å². The lowest BCUT2D eigenvalue weighted by Crippen LogP contribution is -2.93. The minimum Gasteiger partial charge on any atom is -0.493 e. The SMILES string of the molecule is COc1cc(C[NH2+]C2C3CC4CC(C3)CC2C4)ccc1OCc1ccc(F)cc1. The van der Waals surface area contributed by atoms with Crippen LogP contribution >= 0.6 is 0 Å². The van der Waals surface area contributed by atoms with Gasteiger partial charge in [-0.05, 0) is 79.8 Å². The second-order valence-corrected chi connectivity index (χ2v) is 9.35. The third kappa shape index (κ3) is 4.00. The van der Waals surface area contributed by atoms with Crippen molar-refractivity contribution in [3.8, 4) is 11.5 Å². The molecule has 0 atom stereocenters. The molecule has 0 aromatic heterocycles. The largest absolute Gasteiger partial charge is 0.493 e. The van der Waals surface area contributed by atoms with E-state index in [2.05, 4.69) is 17.4 Å². The summed E-state index contributed by atoms with van der Waals surface area (Å²) in [6, 6.07) is 13.5. The van der Waals surface area contributed by atoms with Crippen LogP contribution in [-0.2, 0) is 13.2 Å². The summed E-state index contributed by atoms with van der Waals surface area (Å²) >= 11 is 0. The number of methoxy groups -OCH3 is 1. The summed E-state index contributed by atoms with van der Waals surface area (Å²) in [6.07, 6.45) is 7.37. The van der Waals surface area contributed by atoms with Gasteiger partial charge in [-0.2, -0.15) is 0 Å². The third-order valence-corrected chi connectivity index (χ3v) is 7.46. The Hall–Kier alpha value is -2.07. The Bertz CT molecular complexity index is 822. The van der Waals surface area contributed by atoms with Crippen molar-refractivity contribution < 1.29 is 19.2 Å². The smallest absolute Gasteiger partial charge is 0.161 e. The Morgan fingerprint density at radius 2 is 1.52 bits per heavy atom. The number of hydrogen-bond acceptors (Lipinski definition) is 2. The second kappa shape index (κ2) is 7.98. The highest BCUT2D eigenvalue weighted by atomic mass is 19.1. The summed E-state index contributed by atoms with van der Waals surface area (Å²) in [5.41, 5.74) is 2.22. The van der Waals surface area contributed by atoms with Crippen LogP contribution in [0.3, 0.4) is 0 Å². The van der Waals surface area contributed by atoms with Crippen LogP contribution < -0.4 is 14.8 Å². The van der Waals surface area contributed by atoms with Crippen LogP contribution in [0.2, 0.25) is 0 Å². The summed E-state index contributed by atoms with van der Waals surface area (Å²) in [7, 11) is 1.69. The molecular formula is C25H31FNO2+. The van der Waals surface area contributed by atoms with Crippen LogP contribution in [0.25, 0.3) is 0 Å². The van der Waals surface area contributed by atoms with Crippen molar-refractivity contribution in [2.45, 2.75) is 51.3 Å². The normalized spacial score (nSPS) is 29.8. The highest BCUT2D eigenvalue weighted by Crippen LogP contribution is 2.52.